The number of ether oxygens (including phenoxy) is 1. The maximum Gasteiger partial charge on any atom is 0.303 e. The summed E-state index contributed by atoms with van der Waals surface area (Å²) in [7, 11) is 0. The lowest BCUT2D eigenvalue weighted by molar-refractivity contribution is -0.574. The van der Waals surface area contributed by atoms with E-state index in [4.69, 9.17) is 16.3 Å². The molecular weight excluding hydrogens is 258 g/mol. The molecule has 0 aliphatic carbocycles. The third-order valence-corrected chi connectivity index (χ3v) is 2.82. The van der Waals surface area contributed by atoms with Gasteiger partial charge in [0.15, 0.2) is 6.10 Å². The average Bonchev–Trinajstić information content (AvgIpc) is 2.26. The van der Waals surface area contributed by atoms with Gasteiger partial charge in [0.05, 0.1) is 0 Å². The number of nitrogens with zero attached hydrogens (tertiary/aromatic N) is 1. The standard InChI is InChI=1S/C12H14ClNO4/c1-8(15)18-11(12(2,3)14(16)17)9-4-6-10(13)7-5-9/h4-7,11H,1-3H3. The van der Waals surface area contributed by atoms with Crippen molar-refractivity contribution in [2.45, 2.75) is 32.4 Å². The lowest BCUT2D eigenvalue weighted by Gasteiger charge is -2.26. The zero-order chi connectivity index (χ0) is 13.9. The second-order valence-electron chi connectivity index (χ2n) is 4.45. The Morgan fingerprint density at radius 2 is 1.89 bits per heavy atom. The van der Waals surface area contributed by atoms with Crippen molar-refractivity contribution >= 4 is 17.6 Å². The fraction of sp³-hybridized carbons (Fsp3) is 0.417. The number of nitro groups is 1. The van der Waals surface area contributed by atoms with E-state index in [0.29, 0.717) is 10.6 Å². The highest BCUT2D eigenvalue weighted by Gasteiger charge is 2.44. The predicted molar refractivity (Wildman–Crippen MR) is 67.0 cm³/mol. The first-order valence-corrected chi connectivity index (χ1v) is 5.70. The molecular formula is C12H14ClNO4. The summed E-state index contributed by atoms with van der Waals surface area (Å²) in [6, 6.07) is 6.43. The van der Waals surface area contributed by atoms with Gasteiger partial charge in [-0.1, -0.05) is 23.7 Å². The third kappa shape index (κ3) is 3.20. The summed E-state index contributed by atoms with van der Waals surface area (Å²) in [5.41, 5.74) is -0.879. The molecule has 1 aromatic rings. The lowest BCUT2D eigenvalue weighted by atomic mass is 9.92. The fourth-order valence-corrected chi connectivity index (χ4v) is 1.65. The molecule has 0 saturated heterocycles. The van der Waals surface area contributed by atoms with Crippen LogP contribution in [0.3, 0.4) is 0 Å². The summed E-state index contributed by atoms with van der Waals surface area (Å²) in [5, 5.41) is 11.6. The Hall–Kier alpha value is -1.62. The van der Waals surface area contributed by atoms with Crippen LogP contribution in [-0.4, -0.2) is 16.4 Å². The fourth-order valence-electron chi connectivity index (χ4n) is 1.52. The number of hydrogen-bond acceptors (Lipinski definition) is 4. The number of carbonyl (C=O) groups excluding carboxylic acids is 1. The normalized spacial score (nSPS) is 12.9. The van der Waals surface area contributed by atoms with E-state index in [1.165, 1.54) is 20.8 Å². The third-order valence-electron chi connectivity index (χ3n) is 2.57. The molecule has 5 nitrogen and oxygen atoms in total. The van der Waals surface area contributed by atoms with Crippen molar-refractivity contribution in [3.63, 3.8) is 0 Å². The summed E-state index contributed by atoms with van der Waals surface area (Å²) < 4.78 is 5.08. The molecule has 1 aromatic carbocycles. The second kappa shape index (κ2) is 5.35. The number of rotatable bonds is 4. The van der Waals surface area contributed by atoms with Crippen LogP contribution in [0.4, 0.5) is 0 Å². The summed E-state index contributed by atoms with van der Waals surface area (Å²) in [4.78, 5) is 21.7. The van der Waals surface area contributed by atoms with Gasteiger partial charge >= 0.3 is 5.97 Å². The minimum atomic E-state index is -1.42. The van der Waals surface area contributed by atoms with E-state index in [-0.39, 0.29) is 0 Å². The first kappa shape index (κ1) is 14.4. The van der Waals surface area contributed by atoms with E-state index in [0.717, 1.165) is 0 Å². The Balaban J connectivity index is 3.17. The average molecular weight is 272 g/mol. The number of hydrogen-bond donors (Lipinski definition) is 0. The molecule has 0 aliphatic heterocycles. The van der Waals surface area contributed by atoms with Gasteiger partial charge in [0, 0.05) is 30.7 Å². The summed E-state index contributed by atoms with van der Waals surface area (Å²) in [6.45, 7) is 4.05. The quantitative estimate of drug-likeness (QED) is 0.479. The monoisotopic (exact) mass is 271 g/mol. The molecule has 0 radical (unpaired) electrons. The highest BCUT2D eigenvalue weighted by atomic mass is 35.5. The molecule has 0 bridgehead atoms. The Morgan fingerprint density at radius 3 is 2.28 bits per heavy atom. The van der Waals surface area contributed by atoms with Gasteiger partial charge in [-0.25, -0.2) is 0 Å². The lowest BCUT2D eigenvalue weighted by Crippen LogP contribution is -2.40. The highest BCUT2D eigenvalue weighted by Crippen LogP contribution is 2.32. The SMILES string of the molecule is CC(=O)OC(c1ccc(Cl)cc1)C(C)(C)[N+](=O)[O-]. The zero-order valence-corrected chi connectivity index (χ0v) is 11.1. The van der Waals surface area contributed by atoms with Gasteiger partial charge < -0.3 is 4.74 Å². The molecule has 1 atom stereocenters. The van der Waals surface area contributed by atoms with Crippen LogP contribution in [0.5, 0.6) is 0 Å². The molecule has 0 aliphatic rings. The smallest absolute Gasteiger partial charge is 0.303 e. The summed E-state index contributed by atoms with van der Waals surface area (Å²) in [6.07, 6.45) is -0.956. The zero-order valence-electron chi connectivity index (χ0n) is 10.3. The Kier molecular flexibility index (Phi) is 4.29. The van der Waals surface area contributed by atoms with Gasteiger partial charge in [0.25, 0.3) is 5.54 Å². The second-order valence-corrected chi connectivity index (χ2v) is 4.89. The van der Waals surface area contributed by atoms with Crippen molar-refractivity contribution < 1.29 is 14.5 Å². The first-order chi connectivity index (χ1) is 8.25. The van der Waals surface area contributed by atoms with Crippen LogP contribution in [-0.2, 0) is 9.53 Å². The van der Waals surface area contributed by atoms with E-state index in [9.17, 15) is 14.9 Å². The van der Waals surface area contributed by atoms with Crippen molar-refractivity contribution in [3.05, 3.63) is 45.0 Å². The Bertz CT molecular complexity index is 456. The van der Waals surface area contributed by atoms with Crippen molar-refractivity contribution in [1.82, 2.24) is 0 Å². The van der Waals surface area contributed by atoms with Gasteiger partial charge in [0.2, 0.25) is 0 Å². The number of esters is 1. The molecule has 98 valence electrons. The van der Waals surface area contributed by atoms with Gasteiger partial charge in [-0.3, -0.25) is 14.9 Å². The molecule has 0 fully saturated rings. The molecule has 6 heteroatoms. The topological polar surface area (TPSA) is 69.4 Å². The Morgan fingerprint density at radius 1 is 1.39 bits per heavy atom. The van der Waals surface area contributed by atoms with Crippen LogP contribution < -0.4 is 0 Å². The van der Waals surface area contributed by atoms with Crippen molar-refractivity contribution in [2.75, 3.05) is 0 Å². The largest absolute Gasteiger partial charge is 0.450 e. The summed E-state index contributed by atoms with van der Waals surface area (Å²) >= 11 is 5.76. The van der Waals surface area contributed by atoms with Gasteiger partial charge in [-0.15, -0.1) is 0 Å². The van der Waals surface area contributed by atoms with Crippen LogP contribution in [0.1, 0.15) is 32.4 Å². The van der Waals surface area contributed by atoms with E-state index in [1.54, 1.807) is 24.3 Å². The molecule has 0 aromatic heterocycles. The van der Waals surface area contributed by atoms with Crippen LogP contribution in [0.2, 0.25) is 5.02 Å². The molecule has 1 rings (SSSR count). The Labute approximate surface area is 110 Å². The van der Waals surface area contributed by atoms with Gasteiger partial charge in [0.1, 0.15) is 0 Å². The molecule has 0 N–H and O–H groups in total. The van der Waals surface area contributed by atoms with Gasteiger partial charge in [-0.2, -0.15) is 0 Å². The first-order valence-electron chi connectivity index (χ1n) is 5.32. The minimum absolute atomic E-state index is 0.463. The molecule has 1 unspecified atom stereocenters. The number of carbonyl (C=O) groups is 1. The van der Waals surface area contributed by atoms with E-state index in [1.807, 2.05) is 0 Å². The van der Waals surface area contributed by atoms with Crippen LogP contribution in [0.15, 0.2) is 24.3 Å². The summed E-state index contributed by atoms with van der Waals surface area (Å²) in [5.74, 6) is -0.565. The maximum atomic E-state index is 11.1. The predicted octanol–water partition coefficient (Wildman–Crippen LogP) is 3.00. The van der Waals surface area contributed by atoms with E-state index in [2.05, 4.69) is 0 Å². The van der Waals surface area contributed by atoms with Crippen molar-refractivity contribution in [1.29, 1.82) is 0 Å². The van der Waals surface area contributed by atoms with Crippen molar-refractivity contribution in [2.24, 2.45) is 0 Å². The van der Waals surface area contributed by atoms with Crippen LogP contribution in [0.25, 0.3) is 0 Å². The van der Waals surface area contributed by atoms with Crippen molar-refractivity contribution in [3.8, 4) is 0 Å². The molecule has 0 spiro atoms. The molecule has 0 heterocycles. The van der Waals surface area contributed by atoms with Crippen LogP contribution >= 0.6 is 11.6 Å². The molecule has 18 heavy (non-hydrogen) atoms. The van der Waals surface area contributed by atoms with E-state index < -0.39 is 22.5 Å². The highest BCUT2D eigenvalue weighted by molar-refractivity contribution is 6.30. The van der Waals surface area contributed by atoms with E-state index >= 15 is 0 Å². The van der Waals surface area contributed by atoms with Crippen LogP contribution in [0, 0.1) is 10.1 Å². The minimum Gasteiger partial charge on any atom is -0.450 e. The van der Waals surface area contributed by atoms with Gasteiger partial charge in [-0.05, 0) is 17.7 Å². The number of halogens is 1. The molecule has 0 amide bonds. The number of benzene rings is 1. The maximum absolute atomic E-state index is 11.1. The molecule has 0 saturated carbocycles.